The Kier molecular flexibility index (Phi) is 7.62. The van der Waals surface area contributed by atoms with Gasteiger partial charge in [-0.1, -0.05) is 133 Å². The summed E-state index contributed by atoms with van der Waals surface area (Å²) < 4.78 is 11.8. The summed E-state index contributed by atoms with van der Waals surface area (Å²) in [5.74, 6) is 0. The minimum absolute atomic E-state index is 0.891. The molecule has 4 heteroatoms. The molecule has 3 heterocycles. The van der Waals surface area contributed by atoms with Crippen molar-refractivity contribution < 1.29 is 4.42 Å². The maximum Gasteiger partial charge on any atom is 0.153 e. The number of benzene rings is 9. The maximum atomic E-state index is 6.68. The summed E-state index contributed by atoms with van der Waals surface area (Å²) >= 11 is 3.68. The standard InChI is InChI=1S/C54H33NOS2/c1-2-11-34(12-3-1)36-13-8-14-37(31-36)38-15-9-16-40(32-38)55(39-25-23-35(24-26-39)42-19-10-20-46-43-17-4-6-21-50(43)57-53(42)46)41-27-30-49-48(33-41)45-28-29-47-44-18-5-7-22-51(44)58-54(47)52(45)56-49/h1-33H. The fraction of sp³-hybridized carbons (Fsp3) is 0. The van der Waals surface area contributed by atoms with E-state index in [2.05, 4.69) is 205 Å². The fourth-order valence-electron chi connectivity index (χ4n) is 8.69. The molecule has 0 N–H and O–H groups in total. The Bertz CT molecular complexity index is 3520. The second kappa shape index (κ2) is 13.3. The van der Waals surface area contributed by atoms with Crippen LogP contribution in [0.1, 0.15) is 0 Å². The van der Waals surface area contributed by atoms with E-state index < -0.39 is 0 Å². The average Bonchev–Trinajstić information content (AvgIpc) is 3.99. The molecule has 272 valence electrons. The Balaban J connectivity index is 1.01. The monoisotopic (exact) mass is 775 g/mol. The third kappa shape index (κ3) is 5.37. The van der Waals surface area contributed by atoms with Crippen molar-refractivity contribution >= 4 is 102 Å². The first-order valence-electron chi connectivity index (χ1n) is 19.6. The molecule has 12 aromatic rings. The molecule has 12 rings (SSSR count). The molecule has 3 aromatic heterocycles. The largest absolute Gasteiger partial charge is 0.455 e. The van der Waals surface area contributed by atoms with E-state index in [-0.39, 0.29) is 0 Å². The van der Waals surface area contributed by atoms with Crippen LogP contribution in [0.3, 0.4) is 0 Å². The highest BCUT2D eigenvalue weighted by molar-refractivity contribution is 7.27. The summed E-state index contributed by atoms with van der Waals surface area (Å²) in [5.41, 5.74) is 12.3. The van der Waals surface area contributed by atoms with Crippen LogP contribution < -0.4 is 4.90 Å². The van der Waals surface area contributed by atoms with Crippen molar-refractivity contribution in [1.29, 1.82) is 0 Å². The molecule has 9 aromatic carbocycles. The first kappa shape index (κ1) is 33.2. The first-order chi connectivity index (χ1) is 28.7. The predicted octanol–water partition coefficient (Wildman–Crippen LogP) is 16.8. The summed E-state index contributed by atoms with van der Waals surface area (Å²) in [4.78, 5) is 2.38. The smallest absolute Gasteiger partial charge is 0.153 e. The Morgan fingerprint density at radius 2 is 0.897 bits per heavy atom. The van der Waals surface area contributed by atoms with E-state index in [1.54, 1.807) is 0 Å². The van der Waals surface area contributed by atoms with Gasteiger partial charge in [0.1, 0.15) is 5.58 Å². The van der Waals surface area contributed by atoms with E-state index >= 15 is 0 Å². The fourth-order valence-corrected chi connectivity index (χ4v) is 11.1. The van der Waals surface area contributed by atoms with Crippen molar-refractivity contribution in [2.75, 3.05) is 4.90 Å². The maximum absolute atomic E-state index is 6.68. The van der Waals surface area contributed by atoms with E-state index in [1.165, 1.54) is 68.2 Å². The van der Waals surface area contributed by atoms with Crippen LogP contribution in [0.15, 0.2) is 205 Å². The number of anilines is 3. The lowest BCUT2D eigenvalue weighted by Gasteiger charge is -2.26. The molecule has 0 saturated carbocycles. The second-order valence-corrected chi connectivity index (χ2v) is 17.0. The lowest BCUT2D eigenvalue weighted by molar-refractivity contribution is 0.673. The van der Waals surface area contributed by atoms with E-state index in [4.69, 9.17) is 4.42 Å². The van der Waals surface area contributed by atoms with E-state index in [1.807, 2.05) is 22.7 Å². The summed E-state index contributed by atoms with van der Waals surface area (Å²) in [5, 5.41) is 7.39. The van der Waals surface area contributed by atoms with Crippen LogP contribution >= 0.6 is 22.7 Å². The zero-order valence-electron chi connectivity index (χ0n) is 31.2. The first-order valence-corrected chi connectivity index (χ1v) is 21.2. The number of thiophene rings is 2. The Morgan fingerprint density at radius 3 is 1.69 bits per heavy atom. The van der Waals surface area contributed by atoms with Gasteiger partial charge in [-0.05, 0) is 100 Å². The molecule has 0 bridgehead atoms. The topological polar surface area (TPSA) is 16.4 Å². The van der Waals surface area contributed by atoms with E-state index in [0.717, 1.165) is 44.6 Å². The zero-order valence-corrected chi connectivity index (χ0v) is 32.9. The molecule has 0 radical (unpaired) electrons. The molecule has 0 saturated heterocycles. The quantitative estimate of drug-likeness (QED) is 0.167. The van der Waals surface area contributed by atoms with Crippen LogP contribution in [-0.2, 0) is 0 Å². The van der Waals surface area contributed by atoms with Crippen molar-refractivity contribution in [3.05, 3.63) is 200 Å². The molecule has 0 unspecified atom stereocenters. The van der Waals surface area contributed by atoms with Gasteiger partial charge < -0.3 is 9.32 Å². The van der Waals surface area contributed by atoms with Gasteiger partial charge in [0.2, 0.25) is 0 Å². The van der Waals surface area contributed by atoms with Crippen LogP contribution in [0, 0.1) is 0 Å². The Hall–Kier alpha value is -6.98. The molecule has 0 aliphatic rings. The molecule has 0 amide bonds. The average molecular weight is 776 g/mol. The number of fused-ring (bicyclic) bond motifs is 10. The van der Waals surface area contributed by atoms with Crippen LogP contribution in [-0.4, -0.2) is 0 Å². The lowest BCUT2D eigenvalue weighted by atomic mass is 9.98. The molecule has 2 nitrogen and oxygen atoms in total. The van der Waals surface area contributed by atoms with Gasteiger partial charge in [-0.25, -0.2) is 0 Å². The third-order valence-corrected chi connectivity index (χ3v) is 13.9. The molecule has 0 atom stereocenters. The van der Waals surface area contributed by atoms with E-state index in [9.17, 15) is 0 Å². The Labute approximate surface area is 343 Å². The zero-order chi connectivity index (χ0) is 38.2. The van der Waals surface area contributed by atoms with Crippen LogP contribution in [0.4, 0.5) is 17.1 Å². The van der Waals surface area contributed by atoms with Gasteiger partial charge in [0.25, 0.3) is 0 Å². The van der Waals surface area contributed by atoms with Gasteiger partial charge >= 0.3 is 0 Å². The minimum atomic E-state index is 0.891. The van der Waals surface area contributed by atoms with Gasteiger partial charge in [0.15, 0.2) is 5.58 Å². The van der Waals surface area contributed by atoms with Crippen LogP contribution in [0.2, 0.25) is 0 Å². The molecular weight excluding hydrogens is 743 g/mol. The van der Waals surface area contributed by atoms with Crippen molar-refractivity contribution in [2.24, 2.45) is 0 Å². The lowest BCUT2D eigenvalue weighted by Crippen LogP contribution is -2.10. The number of hydrogen-bond donors (Lipinski definition) is 0. The van der Waals surface area contributed by atoms with Gasteiger partial charge in [-0.3, -0.25) is 0 Å². The highest BCUT2D eigenvalue weighted by atomic mass is 32.1. The second-order valence-electron chi connectivity index (χ2n) is 14.9. The van der Waals surface area contributed by atoms with Crippen LogP contribution in [0.5, 0.6) is 0 Å². The van der Waals surface area contributed by atoms with Crippen molar-refractivity contribution in [2.45, 2.75) is 0 Å². The Morgan fingerprint density at radius 1 is 0.328 bits per heavy atom. The SMILES string of the molecule is c1ccc(-c2cccc(-c3cccc(N(c4ccc(-c5cccc6c5sc5ccccc56)cc4)c4ccc5oc6c(ccc7c8ccccc8sc76)c5c4)c3)c2)cc1. The molecule has 58 heavy (non-hydrogen) atoms. The van der Waals surface area contributed by atoms with Crippen molar-refractivity contribution in [3.8, 4) is 33.4 Å². The summed E-state index contributed by atoms with van der Waals surface area (Å²) in [6.07, 6.45) is 0. The molecule has 0 spiro atoms. The molecule has 0 aliphatic carbocycles. The van der Waals surface area contributed by atoms with Crippen molar-refractivity contribution in [3.63, 3.8) is 0 Å². The minimum Gasteiger partial charge on any atom is -0.455 e. The summed E-state index contributed by atoms with van der Waals surface area (Å²) in [7, 11) is 0. The number of rotatable bonds is 6. The van der Waals surface area contributed by atoms with Gasteiger partial charge in [-0.15, -0.1) is 22.7 Å². The molecule has 0 fully saturated rings. The highest BCUT2D eigenvalue weighted by Gasteiger charge is 2.19. The summed E-state index contributed by atoms with van der Waals surface area (Å²) in [6.45, 7) is 0. The van der Waals surface area contributed by atoms with Gasteiger partial charge in [0.05, 0.1) is 4.70 Å². The molecular formula is C54H33NOS2. The predicted molar refractivity (Wildman–Crippen MR) is 250 cm³/mol. The molecule has 0 aliphatic heterocycles. The van der Waals surface area contributed by atoms with Gasteiger partial charge in [-0.2, -0.15) is 0 Å². The van der Waals surface area contributed by atoms with Gasteiger partial charge in [0, 0.05) is 63.5 Å². The number of nitrogens with zero attached hydrogens (tertiary/aromatic N) is 1. The number of furan rings is 1. The highest BCUT2D eigenvalue weighted by Crippen LogP contribution is 2.45. The van der Waals surface area contributed by atoms with E-state index in [0.29, 0.717) is 0 Å². The number of hydrogen-bond acceptors (Lipinski definition) is 4. The van der Waals surface area contributed by atoms with Crippen LogP contribution in [0.25, 0.3) is 95.7 Å². The normalized spacial score (nSPS) is 11.8. The summed E-state index contributed by atoms with van der Waals surface area (Å²) in [6, 6.07) is 72.6. The third-order valence-electron chi connectivity index (χ3n) is 11.5. The van der Waals surface area contributed by atoms with Crippen molar-refractivity contribution in [1.82, 2.24) is 0 Å².